The van der Waals surface area contributed by atoms with Crippen molar-refractivity contribution in [2.45, 2.75) is 25.8 Å². The zero-order valence-corrected chi connectivity index (χ0v) is 6.10. The van der Waals surface area contributed by atoms with Crippen molar-refractivity contribution in [3.8, 4) is 0 Å². The molecule has 0 aliphatic heterocycles. The van der Waals surface area contributed by atoms with Crippen molar-refractivity contribution in [1.29, 1.82) is 0 Å². The minimum Gasteiger partial charge on any atom is -0.381 e. The Morgan fingerprint density at radius 3 is 2.67 bits per heavy atom. The van der Waals surface area contributed by atoms with Gasteiger partial charge in [0.25, 0.3) is 0 Å². The first-order chi connectivity index (χ1) is 4.27. The average Bonchev–Trinajstić information content (AvgIpc) is 1.80. The van der Waals surface area contributed by atoms with Crippen LogP contribution in [0.4, 0.5) is 0 Å². The Morgan fingerprint density at radius 2 is 2.22 bits per heavy atom. The predicted octanol–water partition coefficient (Wildman–Crippen LogP) is 0.964. The summed E-state index contributed by atoms with van der Waals surface area (Å²) in [5.41, 5.74) is 5.38. The van der Waals surface area contributed by atoms with Crippen molar-refractivity contribution < 1.29 is 4.74 Å². The molecule has 9 heavy (non-hydrogen) atoms. The standard InChI is InChI=1S/C7H16NO/c1-3-5-9-6-4-7(2)8/h7H,2-6,8H2,1H3. The first-order valence-corrected chi connectivity index (χ1v) is 3.43. The van der Waals surface area contributed by atoms with E-state index in [4.69, 9.17) is 10.5 Å². The summed E-state index contributed by atoms with van der Waals surface area (Å²) in [4.78, 5) is 0. The maximum atomic E-state index is 5.38. The summed E-state index contributed by atoms with van der Waals surface area (Å²) >= 11 is 0. The van der Waals surface area contributed by atoms with E-state index in [0.29, 0.717) is 0 Å². The lowest BCUT2D eigenvalue weighted by Crippen LogP contribution is -2.17. The third-order valence-corrected chi connectivity index (χ3v) is 0.981. The second-order valence-corrected chi connectivity index (χ2v) is 2.16. The lowest BCUT2D eigenvalue weighted by molar-refractivity contribution is 0.130. The lowest BCUT2D eigenvalue weighted by atomic mass is 10.3. The van der Waals surface area contributed by atoms with Gasteiger partial charge in [-0.15, -0.1) is 0 Å². The fourth-order valence-corrected chi connectivity index (χ4v) is 0.481. The van der Waals surface area contributed by atoms with Gasteiger partial charge in [0.2, 0.25) is 0 Å². The summed E-state index contributed by atoms with van der Waals surface area (Å²) in [6, 6.07) is 0.0295. The van der Waals surface area contributed by atoms with Crippen LogP contribution in [0.1, 0.15) is 19.8 Å². The largest absolute Gasteiger partial charge is 0.381 e. The van der Waals surface area contributed by atoms with Crippen LogP contribution in [-0.4, -0.2) is 19.3 Å². The van der Waals surface area contributed by atoms with E-state index in [1.807, 2.05) is 0 Å². The van der Waals surface area contributed by atoms with E-state index in [9.17, 15) is 0 Å². The van der Waals surface area contributed by atoms with Gasteiger partial charge in [-0.25, -0.2) is 0 Å². The van der Waals surface area contributed by atoms with Crippen LogP contribution < -0.4 is 5.73 Å². The van der Waals surface area contributed by atoms with Gasteiger partial charge in [0.1, 0.15) is 0 Å². The predicted molar refractivity (Wildman–Crippen MR) is 39.1 cm³/mol. The SMILES string of the molecule is [CH2]C(N)CCOCCC. The minimum absolute atomic E-state index is 0.0295. The monoisotopic (exact) mass is 130 g/mol. The molecule has 0 heterocycles. The molecule has 1 atom stereocenters. The first-order valence-electron chi connectivity index (χ1n) is 3.43. The van der Waals surface area contributed by atoms with E-state index in [2.05, 4.69) is 13.8 Å². The Morgan fingerprint density at radius 1 is 1.56 bits per heavy atom. The number of hydrogen-bond donors (Lipinski definition) is 1. The number of rotatable bonds is 5. The maximum absolute atomic E-state index is 5.38. The Bertz CT molecular complexity index is 54.9. The highest BCUT2D eigenvalue weighted by Crippen LogP contribution is 1.87. The smallest absolute Gasteiger partial charge is 0.0480 e. The fourth-order valence-electron chi connectivity index (χ4n) is 0.481. The molecule has 0 saturated heterocycles. The van der Waals surface area contributed by atoms with Gasteiger partial charge in [-0.1, -0.05) is 6.92 Å². The van der Waals surface area contributed by atoms with Crippen LogP contribution in [0, 0.1) is 6.92 Å². The van der Waals surface area contributed by atoms with E-state index >= 15 is 0 Å². The molecule has 0 fully saturated rings. The third kappa shape index (κ3) is 7.92. The van der Waals surface area contributed by atoms with Crippen LogP contribution in [0.25, 0.3) is 0 Å². The molecule has 0 aliphatic carbocycles. The Labute approximate surface area is 57.4 Å². The Hall–Kier alpha value is -0.0800. The Balaban J connectivity index is 2.75. The van der Waals surface area contributed by atoms with Crippen molar-refractivity contribution >= 4 is 0 Å². The summed E-state index contributed by atoms with van der Waals surface area (Å²) in [6.45, 7) is 7.31. The highest BCUT2D eigenvalue weighted by atomic mass is 16.5. The Kier molecular flexibility index (Phi) is 5.99. The summed E-state index contributed by atoms with van der Waals surface area (Å²) in [7, 11) is 0. The summed E-state index contributed by atoms with van der Waals surface area (Å²) in [6.07, 6.45) is 1.94. The van der Waals surface area contributed by atoms with E-state index in [1.54, 1.807) is 0 Å². The molecule has 0 aliphatic rings. The molecular formula is C7H16NO. The van der Waals surface area contributed by atoms with E-state index in [0.717, 1.165) is 26.1 Å². The van der Waals surface area contributed by atoms with Gasteiger partial charge in [-0.05, 0) is 19.8 Å². The normalized spacial score (nSPS) is 13.7. The van der Waals surface area contributed by atoms with Crippen LogP contribution in [0.5, 0.6) is 0 Å². The van der Waals surface area contributed by atoms with Gasteiger partial charge < -0.3 is 10.5 Å². The van der Waals surface area contributed by atoms with Gasteiger partial charge in [0.15, 0.2) is 0 Å². The van der Waals surface area contributed by atoms with Crippen molar-refractivity contribution in [2.75, 3.05) is 13.2 Å². The molecule has 0 bridgehead atoms. The number of nitrogens with two attached hydrogens (primary N) is 1. The molecule has 0 aromatic carbocycles. The quantitative estimate of drug-likeness (QED) is 0.563. The van der Waals surface area contributed by atoms with Crippen molar-refractivity contribution in [1.82, 2.24) is 0 Å². The van der Waals surface area contributed by atoms with Crippen LogP contribution in [0.3, 0.4) is 0 Å². The number of ether oxygens (including phenoxy) is 1. The molecule has 1 unspecified atom stereocenters. The van der Waals surface area contributed by atoms with Crippen LogP contribution in [-0.2, 0) is 4.74 Å². The molecule has 2 N–H and O–H groups in total. The first kappa shape index (κ1) is 8.92. The maximum Gasteiger partial charge on any atom is 0.0480 e. The average molecular weight is 130 g/mol. The topological polar surface area (TPSA) is 35.2 Å². The zero-order valence-electron chi connectivity index (χ0n) is 6.10. The van der Waals surface area contributed by atoms with Gasteiger partial charge in [0.05, 0.1) is 0 Å². The van der Waals surface area contributed by atoms with Crippen molar-refractivity contribution in [2.24, 2.45) is 5.73 Å². The summed E-state index contributed by atoms with van der Waals surface area (Å²) in [5, 5.41) is 0. The van der Waals surface area contributed by atoms with Crippen molar-refractivity contribution in [3.63, 3.8) is 0 Å². The van der Waals surface area contributed by atoms with E-state index < -0.39 is 0 Å². The highest BCUT2D eigenvalue weighted by molar-refractivity contribution is 4.60. The van der Waals surface area contributed by atoms with Crippen molar-refractivity contribution in [3.05, 3.63) is 6.92 Å². The second-order valence-electron chi connectivity index (χ2n) is 2.16. The molecule has 2 nitrogen and oxygen atoms in total. The molecule has 55 valence electrons. The third-order valence-electron chi connectivity index (χ3n) is 0.981. The van der Waals surface area contributed by atoms with Gasteiger partial charge in [-0.3, -0.25) is 0 Å². The van der Waals surface area contributed by atoms with Crippen LogP contribution in [0.2, 0.25) is 0 Å². The van der Waals surface area contributed by atoms with Crippen LogP contribution >= 0.6 is 0 Å². The van der Waals surface area contributed by atoms with Gasteiger partial charge in [0, 0.05) is 19.3 Å². The number of hydrogen-bond acceptors (Lipinski definition) is 2. The molecule has 0 saturated carbocycles. The summed E-state index contributed by atoms with van der Waals surface area (Å²) in [5.74, 6) is 0. The van der Waals surface area contributed by atoms with Gasteiger partial charge >= 0.3 is 0 Å². The van der Waals surface area contributed by atoms with E-state index in [1.165, 1.54) is 0 Å². The molecule has 1 radical (unpaired) electrons. The lowest BCUT2D eigenvalue weighted by Gasteiger charge is -2.03. The molecule has 2 heteroatoms. The fraction of sp³-hybridized carbons (Fsp3) is 0.857. The van der Waals surface area contributed by atoms with Gasteiger partial charge in [-0.2, -0.15) is 0 Å². The molecule has 0 spiro atoms. The molecule has 0 aromatic heterocycles. The highest BCUT2D eigenvalue weighted by Gasteiger charge is 1.91. The minimum atomic E-state index is 0.0295. The molecule has 0 amide bonds. The summed E-state index contributed by atoms with van der Waals surface area (Å²) < 4.78 is 5.17. The molecule has 0 aromatic rings. The zero-order chi connectivity index (χ0) is 7.11. The van der Waals surface area contributed by atoms with E-state index in [-0.39, 0.29) is 6.04 Å². The second kappa shape index (κ2) is 6.05. The molecular weight excluding hydrogens is 114 g/mol. The van der Waals surface area contributed by atoms with Crippen LogP contribution in [0.15, 0.2) is 0 Å². The molecule has 0 rings (SSSR count).